The third-order valence-electron chi connectivity index (χ3n) is 5.72. The number of hydrogen-bond donors (Lipinski definition) is 1. The van der Waals surface area contributed by atoms with Crippen LogP contribution >= 0.6 is 0 Å². The topological polar surface area (TPSA) is 12.0 Å². The minimum Gasteiger partial charge on any atom is -0.316 e. The number of fused-ring (bicyclic) bond motifs is 1. The molecular formula is C19H29N. The van der Waals surface area contributed by atoms with Gasteiger partial charge >= 0.3 is 0 Å². The number of likely N-dealkylation sites (N-methyl/N-ethyl adjacent to an activating group) is 1. The Labute approximate surface area is 124 Å². The van der Waals surface area contributed by atoms with Crippen molar-refractivity contribution in [3.8, 4) is 0 Å². The van der Waals surface area contributed by atoms with Crippen molar-refractivity contribution in [2.75, 3.05) is 7.05 Å². The molecule has 0 amide bonds. The van der Waals surface area contributed by atoms with Crippen LogP contribution in [0.25, 0.3) is 0 Å². The second-order valence-electron chi connectivity index (χ2n) is 6.90. The number of hydrogen-bond acceptors (Lipinski definition) is 1. The summed E-state index contributed by atoms with van der Waals surface area (Å²) < 4.78 is 0. The highest BCUT2D eigenvalue weighted by Gasteiger charge is 2.29. The molecule has 3 unspecified atom stereocenters. The van der Waals surface area contributed by atoms with E-state index >= 15 is 0 Å². The van der Waals surface area contributed by atoms with Crippen molar-refractivity contribution < 1.29 is 0 Å². The SMILES string of the molecule is CCC1CCC(C(Cc2ccc3c(c2)CCC3)NC)C1. The van der Waals surface area contributed by atoms with Crippen LogP contribution in [0, 0.1) is 11.8 Å². The highest BCUT2D eigenvalue weighted by Crippen LogP contribution is 2.36. The summed E-state index contributed by atoms with van der Waals surface area (Å²) in [5.74, 6) is 1.87. The lowest BCUT2D eigenvalue weighted by molar-refractivity contribution is 0.361. The number of benzene rings is 1. The molecule has 1 heteroatoms. The predicted molar refractivity (Wildman–Crippen MR) is 86.1 cm³/mol. The maximum atomic E-state index is 3.60. The number of rotatable bonds is 5. The molecule has 2 aliphatic carbocycles. The van der Waals surface area contributed by atoms with E-state index in [0.29, 0.717) is 6.04 Å². The standard InChI is InChI=1S/C19H29N/c1-3-14-7-10-18(11-14)19(20-2)13-15-8-9-16-5-4-6-17(16)12-15/h8-9,12,14,18-20H,3-7,10-11,13H2,1-2H3. The first-order valence-corrected chi connectivity index (χ1v) is 8.58. The first-order chi connectivity index (χ1) is 9.80. The van der Waals surface area contributed by atoms with Crippen molar-refractivity contribution in [1.82, 2.24) is 5.32 Å². The van der Waals surface area contributed by atoms with Crippen LogP contribution in [0.1, 0.15) is 55.7 Å². The Hall–Kier alpha value is -0.820. The third kappa shape index (κ3) is 2.93. The third-order valence-corrected chi connectivity index (χ3v) is 5.72. The summed E-state index contributed by atoms with van der Waals surface area (Å²) in [7, 11) is 2.15. The van der Waals surface area contributed by atoms with Crippen molar-refractivity contribution in [3.05, 3.63) is 34.9 Å². The van der Waals surface area contributed by atoms with Crippen LogP contribution < -0.4 is 5.32 Å². The van der Waals surface area contributed by atoms with E-state index in [1.54, 1.807) is 16.7 Å². The zero-order chi connectivity index (χ0) is 13.9. The van der Waals surface area contributed by atoms with Gasteiger partial charge in [-0.1, -0.05) is 38.0 Å². The Balaban J connectivity index is 1.66. The summed E-state index contributed by atoms with van der Waals surface area (Å²) >= 11 is 0. The molecule has 20 heavy (non-hydrogen) atoms. The van der Waals surface area contributed by atoms with E-state index in [0.717, 1.165) is 11.8 Å². The van der Waals surface area contributed by atoms with Gasteiger partial charge in [0, 0.05) is 6.04 Å². The van der Waals surface area contributed by atoms with E-state index in [-0.39, 0.29) is 0 Å². The van der Waals surface area contributed by atoms with E-state index in [9.17, 15) is 0 Å². The van der Waals surface area contributed by atoms with E-state index < -0.39 is 0 Å². The molecule has 1 saturated carbocycles. The number of aryl methyl sites for hydroxylation is 2. The fourth-order valence-corrected chi connectivity index (χ4v) is 4.36. The maximum Gasteiger partial charge on any atom is 0.0133 e. The smallest absolute Gasteiger partial charge is 0.0133 e. The molecule has 1 aromatic rings. The van der Waals surface area contributed by atoms with E-state index in [1.165, 1.54) is 51.4 Å². The zero-order valence-corrected chi connectivity index (χ0v) is 13.1. The average molecular weight is 271 g/mol. The summed E-state index contributed by atoms with van der Waals surface area (Å²) in [6.07, 6.45) is 10.8. The van der Waals surface area contributed by atoms with Crippen LogP contribution in [0.2, 0.25) is 0 Å². The van der Waals surface area contributed by atoms with Gasteiger partial charge in [0.25, 0.3) is 0 Å². The predicted octanol–water partition coefficient (Wildman–Crippen LogP) is 4.13. The van der Waals surface area contributed by atoms with Crippen molar-refractivity contribution in [3.63, 3.8) is 0 Å². The molecule has 0 aromatic heterocycles. The summed E-state index contributed by atoms with van der Waals surface area (Å²) in [4.78, 5) is 0. The normalized spacial score (nSPS) is 26.7. The van der Waals surface area contributed by atoms with Crippen LogP contribution in [0.5, 0.6) is 0 Å². The molecule has 0 heterocycles. The Morgan fingerprint density at radius 1 is 1.20 bits per heavy atom. The molecule has 110 valence electrons. The van der Waals surface area contributed by atoms with E-state index in [2.05, 4.69) is 37.5 Å². The monoisotopic (exact) mass is 271 g/mol. The highest BCUT2D eigenvalue weighted by molar-refractivity contribution is 5.35. The summed E-state index contributed by atoms with van der Waals surface area (Å²) in [6, 6.07) is 7.92. The van der Waals surface area contributed by atoms with Gasteiger partial charge < -0.3 is 5.32 Å². The van der Waals surface area contributed by atoms with Crippen molar-refractivity contribution in [2.24, 2.45) is 11.8 Å². The van der Waals surface area contributed by atoms with Gasteiger partial charge in [-0.05, 0) is 74.1 Å². The lowest BCUT2D eigenvalue weighted by Gasteiger charge is -2.24. The summed E-state index contributed by atoms with van der Waals surface area (Å²) in [5, 5.41) is 3.60. The summed E-state index contributed by atoms with van der Waals surface area (Å²) in [6.45, 7) is 2.35. The van der Waals surface area contributed by atoms with Gasteiger partial charge in [0.2, 0.25) is 0 Å². The van der Waals surface area contributed by atoms with Crippen LogP contribution in [-0.4, -0.2) is 13.1 Å². The van der Waals surface area contributed by atoms with Crippen LogP contribution in [0.15, 0.2) is 18.2 Å². The highest BCUT2D eigenvalue weighted by atomic mass is 14.9. The zero-order valence-electron chi connectivity index (χ0n) is 13.1. The van der Waals surface area contributed by atoms with Crippen molar-refractivity contribution >= 4 is 0 Å². The number of nitrogens with one attached hydrogen (secondary N) is 1. The average Bonchev–Trinajstić information content (AvgIpc) is 3.12. The quantitative estimate of drug-likeness (QED) is 0.849. The molecule has 3 atom stereocenters. The molecule has 1 fully saturated rings. The fourth-order valence-electron chi connectivity index (χ4n) is 4.36. The summed E-state index contributed by atoms with van der Waals surface area (Å²) in [5.41, 5.74) is 4.77. The molecule has 0 spiro atoms. The Kier molecular flexibility index (Phi) is 4.45. The molecule has 0 radical (unpaired) electrons. The van der Waals surface area contributed by atoms with E-state index in [4.69, 9.17) is 0 Å². The van der Waals surface area contributed by atoms with Crippen LogP contribution in [0.4, 0.5) is 0 Å². The molecule has 0 bridgehead atoms. The second kappa shape index (κ2) is 6.30. The van der Waals surface area contributed by atoms with Crippen LogP contribution in [0.3, 0.4) is 0 Å². The molecular weight excluding hydrogens is 242 g/mol. The van der Waals surface area contributed by atoms with Gasteiger partial charge in [-0.3, -0.25) is 0 Å². The lowest BCUT2D eigenvalue weighted by atomic mass is 9.90. The van der Waals surface area contributed by atoms with E-state index in [1.807, 2.05) is 0 Å². The Morgan fingerprint density at radius 3 is 2.80 bits per heavy atom. The van der Waals surface area contributed by atoms with Crippen LogP contribution in [-0.2, 0) is 19.3 Å². The Bertz CT molecular complexity index is 451. The first kappa shape index (κ1) is 14.1. The second-order valence-corrected chi connectivity index (χ2v) is 6.90. The molecule has 1 aromatic carbocycles. The minimum absolute atomic E-state index is 0.672. The molecule has 3 rings (SSSR count). The molecule has 0 saturated heterocycles. The van der Waals surface area contributed by atoms with Crippen molar-refractivity contribution in [2.45, 2.75) is 64.3 Å². The van der Waals surface area contributed by atoms with Crippen molar-refractivity contribution in [1.29, 1.82) is 0 Å². The molecule has 1 nitrogen and oxygen atoms in total. The van der Waals surface area contributed by atoms with Gasteiger partial charge in [-0.15, -0.1) is 0 Å². The largest absolute Gasteiger partial charge is 0.316 e. The van der Waals surface area contributed by atoms with Gasteiger partial charge in [0.1, 0.15) is 0 Å². The molecule has 0 aliphatic heterocycles. The fraction of sp³-hybridized carbons (Fsp3) is 0.684. The first-order valence-electron chi connectivity index (χ1n) is 8.58. The van der Waals surface area contributed by atoms with Gasteiger partial charge in [0.05, 0.1) is 0 Å². The molecule has 1 N–H and O–H groups in total. The van der Waals surface area contributed by atoms with Gasteiger partial charge in [0.15, 0.2) is 0 Å². The maximum absolute atomic E-state index is 3.60. The minimum atomic E-state index is 0.672. The van der Waals surface area contributed by atoms with Gasteiger partial charge in [-0.25, -0.2) is 0 Å². The van der Waals surface area contributed by atoms with Gasteiger partial charge in [-0.2, -0.15) is 0 Å². The Morgan fingerprint density at radius 2 is 2.05 bits per heavy atom. The molecule has 2 aliphatic rings. The lowest BCUT2D eigenvalue weighted by Crippen LogP contribution is -2.34.